The fraction of sp³-hybridized carbons (Fsp3) is 0.200. The summed E-state index contributed by atoms with van der Waals surface area (Å²) in [5.41, 5.74) is -1.15. The second-order valence-corrected chi connectivity index (χ2v) is 8.04. The van der Waals surface area contributed by atoms with E-state index in [0.717, 1.165) is 0 Å². The van der Waals surface area contributed by atoms with Crippen LogP contribution in [0.2, 0.25) is 5.02 Å². The van der Waals surface area contributed by atoms with Gasteiger partial charge < -0.3 is 19.5 Å². The van der Waals surface area contributed by atoms with E-state index in [9.17, 15) is 19.1 Å². The first kappa shape index (κ1) is 22.8. The highest BCUT2D eigenvalue weighted by Gasteiger charge is 2.51. The van der Waals surface area contributed by atoms with E-state index in [-0.39, 0.29) is 34.0 Å². The van der Waals surface area contributed by atoms with E-state index in [1.54, 1.807) is 36.4 Å². The molecule has 0 saturated carbocycles. The zero-order chi connectivity index (χ0) is 23.8. The molecule has 170 valence electrons. The van der Waals surface area contributed by atoms with E-state index in [0.29, 0.717) is 11.4 Å². The molecule has 0 saturated heterocycles. The number of carbonyl (C=O) groups excluding carboxylic acids is 2. The minimum atomic E-state index is -2.13. The lowest BCUT2D eigenvalue weighted by Gasteiger charge is -2.23. The number of ether oxygens (including phenoxy) is 2. The molecule has 3 aromatic rings. The molecular formula is C25H21ClFNO5. The van der Waals surface area contributed by atoms with Crippen LogP contribution in [-0.2, 0) is 16.9 Å². The standard InChI is InChI=1S/C25H21ClFNO5/c1-32-15-10-11-16(23(12-15)33-2)22(29)13-25(31)18-6-3-4-9-21(18)28(24(25)30)14-17-19(26)7-5-8-20(17)27/h3-12,31H,13-14H2,1-2H3/t25-/m1/s1. The Morgan fingerprint density at radius 3 is 2.55 bits per heavy atom. The Labute approximate surface area is 195 Å². The second-order valence-electron chi connectivity index (χ2n) is 7.64. The van der Waals surface area contributed by atoms with E-state index in [1.807, 2.05) is 0 Å². The first-order valence-electron chi connectivity index (χ1n) is 10.1. The molecule has 33 heavy (non-hydrogen) atoms. The molecule has 0 spiro atoms. The number of fused-ring (bicyclic) bond motifs is 1. The van der Waals surface area contributed by atoms with Crippen LogP contribution in [0.4, 0.5) is 10.1 Å². The zero-order valence-corrected chi connectivity index (χ0v) is 18.7. The third kappa shape index (κ3) is 3.94. The van der Waals surface area contributed by atoms with Crippen LogP contribution in [0, 0.1) is 5.82 Å². The Hall–Kier alpha value is -3.42. The Morgan fingerprint density at radius 1 is 1.09 bits per heavy atom. The molecule has 8 heteroatoms. The molecule has 0 fully saturated rings. The summed E-state index contributed by atoms with van der Waals surface area (Å²) in [5, 5.41) is 11.7. The molecule has 3 aromatic carbocycles. The van der Waals surface area contributed by atoms with Crippen LogP contribution in [0.15, 0.2) is 60.7 Å². The molecule has 0 radical (unpaired) electrons. The maximum Gasteiger partial charge on any atom is 0.264 e. The molecule has 1 heterocycles. The summed E-state index contributed by atoms with van der Waals surface area (Å²) in [6.45, 7) is -0.191. The van der Waals surface area contributed by atoms with Gasteiger partial charge in [-0.25, -0.2) is 4.39 Å². The first-order chi connectivity index (χ1) is 15.8. The average Bonchev–Trinajstić information content (AvgIpc) is 3.02. The Morgan fingerprint density at radius 2 is 1.85 bits per heavy atom. The molecule has 0 aliphatic carbocycles. The Bertz CT molecular complexity index is 1230. The van der Waals surface area contributed by atoms with E-state index >= 15 is 0 Å². The molecule has 0 unspecified atom stereocenters. The third-order valence-corrected chi connectivity index (χ3v) is 6.10. The quantitative estimate of drug-likeness (QED) is 0.515. The van der Waals surface area contributed by atoms with Crippen LogP contribution in [0.5, 0.6) is 11.5 Å². The minimum Gasteiger partial charge on any atom is -0.497 e. The van der Waals surface area contributed by atoms with Crippen molar-refractivity contribution in [2.24, 2.45) is 0 Å². The lowest BCUT2D eigenvalue weighted by molar-refractivity contribution is -0.136. The van der Waals surface area contributed by atoms with Crippen LogP contribution >= 0.6 is 11.6 Å². The Balaban J connectivity index is 1.71. The number of aliphatic hydroxyl groups is 1. The summed E-state index contributed by atoms with van der Waals surface area (Å²) in [6, 6.07) is 15.5. The number of hydrogen-bond donors (Lipinski definition) is 1. The number of benzene rings is 3. The van der Waals surface area contributed by atoms with Crippen molar-refractivity contribution in [1.82, 2.24) is 0 Å². The topological polar surface area (TPSA) is 76.1 Å². The van der Waals surface area contributed by atoms with Crippen molar-refractivity contribution in [3.05, 3.63) is 88.2 Å². The SMILES string of the molecule is COc1ccc(C(=O)C[C@]2(O)C(=O)N(Cc3c(F)cccc3Cl)c3ccccc32)c(OC)c1. The highest BCUT2D eigenvalue weighted by molar-refractivity contribution is 6.31. The molecule has 4 rings (SSSR count). The van der Waals surface area contributed by atoms with Crippen molar-refractivity contribution < 1.29 is 28.6 Å². The van der Waals surface area contributed by atoms with Crippen molar-refractivity contribution in [2.75, 3.05) is 19.1 Å². The number of amides is 1. The predicted molar refractivity (Wildman–Crippen MR) is 121 cm³/mol. The van der Waals surface area contributed by atoms with Crippen LogP contribution < -0.4 is 14.4 Å². The molecule has 1 atom stereocenters. The van der Waals surface area contributed by atoms with Gasteiger partial charge in [0.1, 0.15) is 17.3 Å². The highest BCUT2D eigenvalue weighted by Crippen LogP contribution is 2.44. The number of methoxy groups -OCH3 is 2. The monoisotopic (exact) mass is 469 g/mol. The number of rotatable bonds is 7. The Kier molecular flexibility index (Phi) is 6.10. The normalized spacial score (nSPS) is 17.1. The molecule has 1 N–H and O–H groups in total. The summed E-state index contributed by atoms with van der Waals surface area (Å²) in [4.78, 5) is 27.9. The van der Waals surface area contributed by atoms with Gasteiger partial charge in [0.2, 0.25) is 0 Å². The van der Waals surface area contributed by atoms with Gasteiger partial charge in [-0.15, -0.1) is 0 Å². The highest BCUT2D eigenvalue weighted by atomic mass is 35.5. The van der Waals surface area contributed by atoms with Gasteiger partial charge in [0.25, 0.3) is 5.91 Å². The van der Waals surface area contributed by atoms with Gasteiger partial charge in [-0.2, -0.15) is 0 Å². The molecule has 1 aliphatic heterocycles. The van der Waals surface area contributed by atoms with Crippen molar-refractivity contribution in [3.63, 3.8) is 0 Å². The number of hydrogen-bond acceptors (Lipinski definition) is 5. The summed E-state index contributed by atoms with van der Waals surface area (Å²) < 4.78 is 24.9. The fourth-order valence-electron chi connectivity index (χ4n) is 4.03. The van der Waals surface area contributed by atoms with Crippen molar-refractivity contribution in [3.8, 4) is 11.5 Å². The van der Waals surface area contributed by atoms with Gasteiger partial charge in [0.05, 0.1) is 38.4 Å². The van der Waals surface area contributed by atoms with E-state index in [4.69, 9.17) is 21.1 Å². The molecule has 0 bridgehead atoms. The average molecular weight is 470 g/mol. The van der Waals surface area contributed by atoms with Gasteiger partial charge in [0.15, 0.2) is 11.4 Å². The molecule has 0 aromatic heterocycles. The summed E-state index contributed by atoms with van der Waals surface area (Å²) in [7, 11) is 2.90. The smallest absolute Gasteiger partial charge is 0.264 e. The van der Waals surface area contributed by atoms with Gasteiger partial charge in [-0.3, -0.25) is 9.59 Å². The van der Waals surface area contributed by atoms with Crippen LogP contribution in [0.1, 0.15) is 27.9 Å². The maximum absolute atomic E-state index is 14.4. The lowest BCUT2D eigenvalue weighted by Crippen LogP contribution is -2.41. The van der Waals surface area contributed by atoms with Crippen LogP contribution in [-0.4, -0.2) is 31.0 Å². The van der Waals surface area contributed by atoms with Crippen molar-refractivity contribution in [1.29, 1.82) is 0 Å². The number of anilines is 1. The van der Waals surface area contributed by atoms with Gasteiger partial charge in [0, 0.05) is 22.2 Å². The van der Waals surface area contributed by atoms with Crippen molar-refractivity contribution in [2.45, 2.75) is 18.6 Å². The second kappa shape index (κ2) is 8.84. The van der Waals surface area contributed by atoms with Gasteiger partial charge >= 0.3 is 0 Å². The summed E-state index contributed by atoms with van der Waals surface area (Å²) >= 11 is 6.16. The lowest BCUT2D eigenvalue weighted by atomic mass is 9.88. The van der Waals surface area contributed by atoms with Crippen molar-refractivity contribution >= 4 is 29.0 Å². The molecular weight excluding hydrogens is 449 g/mol. The predicted octanol–water partition coefficient (Wildman–Crippen LogP) is 4.50. The largest absolute Gasteiger partial charge is 0.497 e. The first-order valence-corrected chi connectivity index (χ1v) is 10.5. The van der Waals surface area contributed by atoms with E-state index in [1.165, 1.54) is 43.4 Å². The van der Waals surface area contributed by atoms with Gasteiger partial charge in [-0.05, 0) is 30.3 Å². The number of para-hydroxylation sites is 1. The molecule has 1 aliphatic rings. The number of carbonyl (C=O) groups is 2. The molecule has 1 amide bonds. The number of Topliss-reactive ketones (excluding diaryl/α,β-unsaturated/α-hetero) is 1. The van der Waals surface area contributed by atoms with Gasteiger partial charge in [-0.1, -0.05) is 35.9 Å². The third-order valence-electron chi connectivity index (χ3n) is 5.74. The fourth-order valence-corrected chi connectivity index (χ4v) is 4.26. The minimum absolute atomic E-state index is 0.120. The summed E-state index contributed by atoms with van der Waals surface area (Å²) in [6.07, 6.45) is -0.521. The van der Waals surface area contributed by atoms with E-state index < -0.39 is 29.5 Å². The zero-order valence-electron chi connectivity index (χ0n) is 18.0. The maximum atomic E-state index is 14.4. The van der Waals surface area contributed by atoms with E-state index in [2.05, 4.69) is 0 Å². The van der Waals surface area contributed by atoms with Crippen LogP contribution in [0.25, 0.3) is 0 Å². The van der Waals surface area contributed by atoms with Crippen LogP contribution in [0.3, 0.4) is 0 Å². The number of nitrogens with zero attached hydrogens (tertiary/aromatic N) is 1. The molecule has 6 nitrogen and oxygen atoms in total. The number of ketones is 1. The number of halogens is 2. The summed E-state index contributed by atoms with van der Waals surface area (Å²) in [5.74, 6) is -1.04.